The maximum atomic E-state index is 12.1. The molecule has 1 amide bonds. The number of hydrogen-bond donors (Lipinski definition) is 1. The van der Waals surface area contributed by atoms with Crippen molar-refractivity contribution in [3.8, 4) is 0 Å². The fourth-order valence-corrected chi connectivity index (χ4v) is 2.74. The van der Waals surface area contributed by atoms with E-state index in [-0.39, 0.29) is 12.5 Å². The summed E-state index contributed by atoms with van der Waals surface area (Å²) in [5, 5.41) is 12.7. The average Bonchev–Trinajstić information content (AvgIpc) is 2.76. The van der Waals surface area contributed by atoms with Gasteiger partial charge in [0.15, 0.2) is 0 Å². The van der Waals surface area contributed by atoms with Crippen molar-refractivity contribution in [1.29, 1.82) is 0 Å². The summed E-state index contributed by atoms with van der Waals surface area (Å²) in [5.74, 6) is 0.136. The molecule has 2 rings (SSSR count). The third-order valence-electron chi connectivity index (χ3n) is 3.06. The summed E-state index contributed by atoms with van der Waals surface area (Å²) in [6, 6.07) is 1.88. The Kier molecular flexibility index (Phi) is 4.53. The molecular weight excluding hydrogens is 236 g/mol. The van der Waals surface area contributed by atoms with Crippen LogP contribution < -0.4 is 0 Å². The zero-order valence-electron chi connectivity index (χ0n) is 9.84. The van der Waals surface area contributed by atoms with Crippen molar-refractivity contribution in [2.45, 2.75) is 6.42 Å². The lowest BCUT2D eigenvalue weighted by Crippen LogP contribution is -2.35. The second-order valence-electron chi connectivity index (χ2n) is 4.22. The number of hydrogen-bond acceptors (Lipinski definition) is 4. The largest absolute Gasteiger partial charge is 0.395 e. The number of aliphatic hydroxyl groups is 1. The first-order valence-electron chi connectivity index (χ1n) is 5.96. The standard InChI is InChI=1S/C12H18N2O2S/c15-8-7-13-3-1-4-14(6-5-13)12(16)11-2-9-17-10-11/h2,9-10,15H,1,3-8H2. The zero-order chi connectivity index (χ0) is 12.1. The molecule has 0 bridgehead atoms. The Balaban J connectivity index is 1.92. The molecule has 5 heteroatoms. The molecule has 0 saturated carbocycles. The number of nitrogens with zero attached hydrogens (tertiary/aromatic N) is 2. The lowest BCUT2D eigenvalue weighted by atomic mass is 10.3. The number of β-amino-alcohol motifs (C(OH)–C–C–N with tert-alkyl or cyclic N) is 1. The Morgan fingerprint density at radius 2 is 2.24 bits per heavy atom. The molecule has 1 saturated heterocycles. The Labute approximate surface area is 105 Å². The highest BCUT2D eigenvalue weighted by Gasteiger charge is 2.19. The van der Waals surface area contributed by atoms with Crippen LogP contribution in [0.2, 0.25) is 0 Å². The molecule has 0 radical (unpaired) electrons. The molecule has 1 aliphatic heterocycles. The van der Waals surface area contributed by atoms with E-state index in [2.05, 4.69) is 4.90 Å². The predicted molar refractivity (Wildman–Crippen MR) is 68.4 cm³/mol. The van der Waals surface area contributed by atoms with Gasteiger partial charge in [-0.3, -0.25) is 9.69 Å². The summed E-state index contributed by atoms with van der Waals surface area (Å²) in [6.45, 7) is 4.30. The molecule has 2 heterocycles. The second-order valence-corrected chi connectivity index (χ2v) is 5.00. The minimum Gasteiger partial charge on any atom is -0.395 e. The number of carbonyl (C=O) groups is 1. The van der Waals surface area contributed by atoms with Crippen LogP contribution in [0.3, 0.4) is 0 Å². The van der Waals surface area contributed by atoms with Gasteiger partial charge >= 0.3 is 0 Å². The minimum atomic E-state index is 0.136. The number of carbonyl (C=O) groups excluding carboxylic acids is 1. The normalized spacial score (nSPS) is 18.1. The van der Waals surface area contributed by atoms with E-state index in [4.69, 9.17) is 5.11 Å². The summed E-state index contributed by atoms with van der Waals surface area (Å²) < 4.78 is 0. The van der Waals surface area contributed by atoms with Crippen LogP contribution in [0.25, 0.3) is 0 Å². The smallest absolute Gasteiger partial charge is 0.254 e. The monoisotopic (exact) mass is 254 g/mol. The van der Waals surface area contributed by atoms with Crippen molar-refractivity contribution in [3.05, 3.63) is 22.4 Å². The van der Waals surface area contributed by atoms with Gasteiger partial charge in [0.05, 0.1) is 12.2 Å². The first-order chi connectivity index (χ1) is 8.31. The van der Waals surface area contributed by atoms with Gasteiger partial charge in [-0.05, 0) is 24.4 Å². The third-order valence-corrected chi connectivity index (χ3v) is 3.74. The number of thiophene rings is 1. The fourth-order valence-electron chi connectivity index (χ4n) is 2.11. The predicted octanol–water partition coefficient (Wildman–Crippen LogP) is 0.888. The number of amides is 1. The van der Waals surface area contributed by atoms with E-state index in [9.17, 15) is 4.79 Å². The summed E-state index contributed by atoms with van der Waals surface area (Å²) >= 11 is 1.55. The third kappa shape index (κ3) is 3.28. The number of aliphatic hydroxyl groups excluding tert-OH is 1. The Morgan fingerprint density at radius 1 is 1.35 bits per heavy atom. The second kappa shape index (κ2) is 6.14. The molecule has 0 aliphatic carbocycles. The highest BCUT2D eigenvalue weighted by molar-refractivity contribution is 7.08. The van der Waals surface area contributed by atoms with Gasteiger partial charge in [0, 0.05) is 31.6 Å². The quantitative estimate of drug-likeness (QED) is 0.871. The van der Waals surface area contributed by atoms with Crippen molar-refractivity contribution in [2.75, 3.05) is 39.3 Å². The minimum absolute atomic E-state index is 0.136. The summed E-state index contributed by atoms with van der Waals surface area (Å²) in [5.41, 5.74) is 0.797. The highest BCUT2D eigenvalue weighted by Crippen LogP contribution is 2.12. The Morgan fingerprint density at radius 3 is 2.94 bits per heavy atom. The molecule has 0 atom stereocenters. The molecule has 0 unspecified atom stereocenters. The SMILES string of the molecule is O=C(c1ccsc1)N1CCCN(CCO)CC1. The van der Waals surface area contributed by atoms with Crippen LogP contribution in [0.4, 0.5) is 0 Å². The Hall–Kier alpha value is -0.910. The molecular formula is C12H18N2O2S. The molecule has 1 aromatic rings. The van der Waals surface area contributed by atoms with E-state index in [1.165, 1.54) is 0 Å². The fraction of sp³-hybridized carbons (Fsp3) is 0.583. The van der Waals surface area contributed by atoms with Crippen molar-refractivity contribution >= 4 is 17.2 Å². The topological polar surface area (TPSA) is 43.8 Å². The average molecular weight is 254 g/mol. The molecule has 0 spiro atoms. The molecule has 1 aliphatic rings. The lowest BCUT2D eigenvalue weighted by Gasteiger charge is -2.21. The lowest BCUT2D eigenvalue weighted by molar-refractivity contribution is 0.0761. The van der Waals surface area contributed by atoms with Crippen molar-refractivity contribution in [3.63, 3.8) is 0 Å². The van der Waals surface area contributed by atoms with Crippen LogP contribution in [-0.2, 0) is 0 Å². The van der Waals surface area contributed by atoms with Crippen LogP contribution in [0.1, 0.15) is 16.8 Å². The molecule has 4 nitrogen and oxygen atoms in total. The van der Waals surface area contributed by atoms with Crippen molar-refractivity contribution < 1.29 is 9.90 Å². The maximum absolute atomic E-state index is 12.1. The van der Waals surface area contributed by atoms with Crippen LogP contribution in [-0.4, -0.2) is 60.1 Å². The first kappa shape index (κ1) is 12.5. The van der Waals surface area contributed by atoms with Crippen LogP contribution >= 0.6 is 11.3 Å². The van der Waals surface area contributed by atoms with Crippen LogP contribution in [0, 0.1) is 0 Å². The van der Waals surface area contributed by atoms with Gasteiger partial charge in [0.25, 0.3) is 5.91 Å². The maximum Gasteiger partial charge on any atom is 0.254 e. The molecule has 0 aromatic carbocycles. The van der Waals surface area contributed by atoms with Crippen molar-refractivity contribution in [2.24, 2.45) is 0 Å². The number of rotatable bonds is 3. The van der Waals surface area contributed by atoms with E-state index >= 15 is 0 Å². The van der Waals surface area contributed by atoms with E-state index < -0.39 is 0 Å². The van der Waals surface area contributed by atoms with Crippen molar-refractivity contribution in [1.82, 2.24) is 9.80 Å². The van der Waals surface area contributed by atoms with Gasteiger partial charge in [0.2, 0.25) is 0 Å². The van der Waals surface area contributed by atoms with E-state index in [0.29, 0.717) is 6.54 Å². The molecule has 1 aromatic heterocycles. The summed E-state index contributed by atoms with van der Waals surface area (Å²) in [6.07, 6.45) is 0.982. The Bertz CT molecular complexity index is 353. The van der Waals surface area contributed by atoms with E-state index in [1.807, 2.05) is 21.7 Å². The highest BCUT2D eigenvalue weighted by atomic mass is 32.1. The van der Waals surface area contributed by atoms with E-state index in [0.717, 1.165) is 38.2 Å². The molecule has 17 heavy (non-hydrogen) atoms. The van der Waals surface area contributed by atoms with Gasteiger partial charge in [-0.15, -0.1) is 0 Å². The van der Waals surface area contributed by atoms with Gasteiger partial charge in [-0.1, -0.05) is 0 Å². The van der Waals surface area contributed by atoms with Gasteiger partial charge in [-0.2, -0.15) is 11.3 Å². The molecule has 1 fully saturated rings. The molecule has 1 N–H and O–H groups in total. The van der Waals surface area contributed by atoms with Gasteiger partial charge in [0.1, 0.15) is 0 Å². The zero-order valence-corrected chi connectivity index (χ0v) is 10.7. The first-order valence-corrected chi connectivity index (χ1v) is 6.90. The van der Waals surface area contributed by atoms with Crippen LogP contribution in [0.5, 0.6) is 0 Å². The summed E-state index contributed by atoms with van der Waals surface area (Å²) in [7, 11) is 0. The van der Waals surface area contributed by atoms with Gasteiger partial charge < -0.3 is 10.0 Å². The summed E-state index contributed by atoms with van der Waals surface area (Å²) in [4.78, 5) is 16.3. The molecule has 94 valence electrons. The van der Waals surface area contributed by atoms with Gasteiger partial charge in [-0.25, -0.2) is 0 Å². The van der Waals surface area contributed by atoms with E-state index in [1.54, 1.807) is 11.3 Å². The van der Waals surface area contributed by atoms with Crippen LogP contribution in [0.15, 0.2) is 16.8 Å².